The van der Waals surface area contributed by atoms with Gasteiger partial charge in [-0.15, -0.1) is 0 Å². The number of ether oxygens (including phenoxy) is 2. The summed E-state index contributed by atoms with van der Waals surface area (Å²) < 4.78 is 41.5. The number of methoxy groups -OCH3 is 1. The van der Waals surface area contributed by atoms with E-state index in [1.54, 1.807) is 20.2 Å². The largest absolute Gasteiger partial charge is 0.382 e. The lowest BCUT2D eigenvalue weighted by Gasteiger charge is -2.35. The molecule has 1 aliphatic heterocycles. The molecule has 154 valence electrons. The molecule has 0 radical (unpaired) electrons. The first-order chi connectivity index (χ1) is 13.1. The first-order valence-electron chi connectivity index (χ1n) is 8.96. The summed E-state index contributed by atoms with van der Waals surface area (Å²) >= 11 is 0. The highest BCUT2D eigenvalue weighted by Gasteiger charge is 2.28. The van der Waals surface area contributed by atoms with E-state index in [0.717, 1.165) is 18.9 Å². The van der Waals surface area contributed by atoms with E-state index in [-0.39, 0.29) is 5.75 Å². The first kappa shape index (κ1) is 21.6. The third-order valence-corrected chi connectivity index (χ3v) is 5.96. The van der Waals surface area contributed by atoms with Crippen molar-refractivity contribution < 1.29 is 22.4 Å². The van der Waals surface area contributed by atoms with Gasteiger partial charge in [0.2, 0.25) is 10.0 Å². The molecule has 0 aliphatic carbocycles. The minimum atomic E-state index is -3.40. The molecule has 10 nitrogen and oxygen atoms in total. The van der Waals surface area contributed by atoms with Crippen LogP contribution in [0.2, 0.25) is 0 Å². The van der Waals surface area contributed by atoms with Crippen LogP contribution in [-0.2, 0) is 25.2 Å². The van der Waals surface area contributed by atoms with E-state index in [1.165, 1.54) is 10.6 Å². The molecule has 0 atom stereocenters. The molecule has 0 spiro atoms. The second-order valence-corrected chi connectivity index (χ2v) is 8.03. The number of nitrogens with one attached hydrogen (secondary N) is 1. The van der Waals surface area contributed by atoms with Crippen LogP contribution in [0.3, 0.4) is 0 Å². The third-order valence-electron chi connectivity index (χ3n) is 4.15. The predicted octanol–water partition coefficient (Wildman–Crippen LogP) is -0.249. The van der Waals surface area contributed by atoms with E-state index in [4.69, 9.17) is 14.0 Å². The van der Waals surface area contributed by atoms with Crippen LogP contribution in [0, 0.1) is 0 Å². The summed E-state index contributed by atoms with van der Waals surface area (Å²) in [6, 6.07) is 1.57. The van der Waals surface area contributed by atoms with Crippen molar-refractivity contribution in [2.24, 2.45) is 4.99 Å². The molecule has 0 amide bonds. The van der Waals surface area contributed by atoms with Crippen LogP contribution in [0.4, 0.5) is 0 Å². The van der Waals surface area contributed by atoms with Gasteiger partial charge in [0, 0.05) is 59.6 Å². The number of nitrogens with zero attached hydrogens (tertiary/aromatic N) is 4. The van der Waals surface area contributed by atoms with E-state index < -0.39 is 10.0 Å². The van der Waals surface area contributed by atoms with Crippen molar-refractivity contribution in [1.82, 2.24) is 19.7 Å². The predicted molar refractivity (Wildman–Crippen MR) is 101 cm³/mol. The van der Waals surface area contributed by atoms with Crippen molar-refractivity contribution in [3.63, 3.8) is 0 Å². The number of aliphatic imine (C=N–C) groups is 1. The number of sulfonamides is 1. The highest BCUT2D eigenvalue weighted by Crippen LogP contribution is 2.12. The molecule has 2 heterocycles. The molecule has 0 aromatic carbocycles. The maximum absolute atomic E-state index is 12.5. The second-order valence-electron chi connectivity index (χ2n) is 6.07. The van der Waals surface area contributed by atoms with Crippen LogP contribution in [0.25, 0.3) is 0 Å². The Morgan fingerprint density at radius 3 is 2.70 bits per heavy atom. The number of hydrogen-bond acceptors (Lipinski definition) is 7. The van der Waals surface area contributed by atoms with Crippen molar-refractivity contribution in [3.05, 3.63) is 18.0 Å². The summed E-state index contributed by atoms with van der Waals surface area (Å²) in [7, 11) is -0.0227. The molecule has 0 unspecified atom stereocenters. The van der Waals surface area contributed by atoms with Gasteiger partial charge in [0.1, 0.15) is 12.0 Å². The van der Waals surface area contributed by atoms with Gasteiger partial charge >= 0.3 is 0 Å². The normalized spacial score (nSPS) is 16.7. The number of aromatic nitrogens is 1. The van der Waals surface area contributed by atoms with Gasteiger partial charge in [-0.1, -0.05) is 5.16 Å². The zero-order valence-electron chi connectivity index (χ0n) is 16.0. The number of hydrogen-bond donors (Lipinski definition) is 1. The Kier molecular flexibility index (Phi) is 8.98. The smallest absolute Gasteiger partial charge is 0.220 e. The van der Waals surface area contributed by atoms with Gasteiger partial charge in [-0.3, -0.25) is 4.99 Å². The molecule has 1 fully saturated rings. The number of guanidine groups is 1. The first-order valence-corrected chi connectivity index (χ1v) is 10.6. The van der Waals surface area contributed by atoms with Crippen molar-refractivity contribution in [2.45, 2.75) is 12.2 Å². The molecule has 1 saturated heterocycles. The molecule has 1 aromatic heterocycles. The van der Waals surface area contributed by atoms with Crippen LogP contribution >= 0.6 is 0 Å². The van der Waals surface area contributed by atoms with Crippen LogP contribution in [0.15, 0.2) is 21.8 Å². The highest BCUT2D eigenvalue weighted by molar-refractivity contribution is 7.88. The molecule has 27 heavy (non-hydrogen) atoms. The van der Waals surface area contributed by atoms with E-state index in [9.17, 15) is 8.42 Å². The minimum Gasteiger partial charge on any atom is -0.382 e. The van der Waals surface area contributed by atoms with Gasteiger partial charge in [0.05, 0.1) is 18.9 Å². The SMILES string of the molecule is CN=C(NCCCOCCOC)N1CCN(S(=O)(=O)Cc2ccon2)CC1. The van der Waals surface area contributed by atoms with Crippen LogP contribution in [0.5, 0.6) is 0 Å². The lowest BCUT2D eigenvalue weighted by Crippen LogP contribution is -2.54. The van der Waals surface area contributed by atoms with Gasteiger partial charge in [-0.05, 0) is 6.42 Å². The van der Waals surface area contributed by atoms with Gasteiger partial charge in [0.25, 0.3) is 0 Å². The molecule has 2 rings (SSSR count). The topological polar surface area (TPSA) is 110 Å². The Labute approximate surface area is 160 Å². The van der Waals surface area contributed by atoms with E-state index in [0.29, 0.717) is 51.7 Å². The highest BCUT2D eigenvalue weighted by atomic mass is 32.2. The van der Waals surface area contributed by atoms with E-state index in [2.05, 4.69) is 20.4 Å². The summed E-state index contributed by atoms with van der Waals surface area (Å²) in [5.41, 5.74) is 0.419. The van der Waals surface area contributed by atoms with Gasteiger partial charge < -0.3 is 24.2 Å². The molecule has 0 saturated carbocycles. The van der Waals surface area contributed by atoms with E-state index >= 15 is 0 Å². The summed E-state index contributed by atoms with van der Waals surface area (Å²) in [4.78, 5) is 6.35. The monoisotopic (exact) mass is 403 g/mol. The van der Waals surface area contributed by atoms with Crippen LogP contribution in [0.1, 0.15) is 12.1 Å². The minimum absolute atomic E-state index is 0.139. The Morgan fingerprint density at radius 1 is 1.30 bits per heavy atom. The molecule has 1 aliphatic rings. The Balaban J connectivity index is 1.71. The lowest BCUT2D eigenvalue weighted by molar-refractivity contribution is 0.0698. The Bertz CT molecular complexity index is 657. The molecule has 1 N–H and O–H groups in total. The Morgan fingerprint density at radius 2 is 2.07 bits per heavy atom. The Hall–Kier alpha value is -1.69. The summed E-state index contributed by atoms with van der Waals surface area (Å²) in [5.74, 6) is 0.639. The number of piperazine rings is 1. The fraction of sp³-hybridized carbons (Fsp3) is 0.750. The molecular formula is C16H29N5O5S. The van der Waals surface area contributed by atoms with Crippen molar-refractivity contribution in [1.29, 1.82) is 0 Å². The van der Waals surface area contributed by atoms with Gasteiger partial charge in [-0.2, -0.15) is 4.31 Å². The average Bonchev–Trinajstić information content (AvgIpc) is 3.16. The zero-order valence-corrected chi connectivity index (χ0v) is 16.8. The quantitative estimate of drug-likeness (QED) is 0.324. The molecule has 1 aromatic rings. The fourth-order valence-corrected chi connectivity index (χ4v) is 4.14. The maximum atomic E-state index is 12.5. The average molecular weight is 404 g/mol. The fourth-order valence-electron chi connectivity index (χ4n) is 2.72. The van der Waals surface area contributed by atoms with E-state index in [1.807, 2.05) is 0 Å². The van der Waals surface area contributed by atoms with Crippen molar-refractivity contribution >= 4 is 16.0 Å². The summed E-state index contributed by atoms with van der Waals surface area (Å²) in [5, 5.41) is 6.97. The maximum Gasteiger partial charge on any atom is 0.220 e. The molecular weight excluding hydrogens is 374 g/mol. The standard InChI is InChI=1S/C16H29N5O5S/c1-17-16(18-5-3-10-25-13-12-24-2)20-6-8-21(9-7-20)27(22,23)14-15-4-11-26-19-15/h4,11H,3,5-10,12-14H2,1-2H3,(H,17,18). The van der Waals surface area contributed by atoms with Gasteiger partial charge in [-0.25, -0.2) is 8.42 Å². The summed E-state index contributed by atoms with van der Waals surface area (Å²) in [6.45, 7) is 4.59. The van der Waals surface area contributed by atoms with Crippen LogP contribution in [-0.4, -0.2) is 95.4 Å². The molecule has 11 heteroatoms. The van der Waals surface area contributed by atoms with Crippen molar-refractivity contribution in [2.75, 3.05) is 66.7 Å². The summed E-state index contributed by atoms with van der Waals surface area (Å²) in [6.07, 6.45) is 2.23. The third kappa shape index (κ3) is 7.09. The lowest BCUT2D eigenvalue weighted by atomic mass is 10.4. The molecule has 0 bridgehead atoms. The second kappa shape index (κ2) is 11.2. The van der Waals surface area contributed by atoms with Gasteiger partial charge in [0.15, 0.2) is 5.96 Å². The van der Waals surface area contributed by atoms with Crippen molar-refractivity contribution in [3.8, 4) is 0 Å². The number of rotatable bonds is 10. The zero-order chi connectivity index (χ0) is 19.5. The van der Waals surface area contributed by atoms with Crippen LogP contribution < -0.4 is 5.32 Å².